The van der Waals surface area contributed by atoms with E-state index in [0.717, 1.165) is 5.56 Å². The first kappa shape index (κ1) is 15.4. The fourth-order valence-electron chi connectivity index (χ4n) is 2.15. The minimum atomic E-state index is -0.635. The summed E-state index contributed by atoms with van der Waals surface area (Å²) in [7, 11) is 1.33. The number of rotatable bonds is 2. The van der Waals surface area contributed by atoms with Gasteiger partial charge in [0.15, 0.2) is 6.10 Å². The summed E-state index contributed by atoms with van der Waals surface area (Å²) in [6.07, 6.45) is 0.643. The second-order valence-electron chi connectivity index (χ2n) is 5.99. The minimum absolute atomic E-state index is 0.378. The lowest BCUT2D eigenvalue weighted by atomic mass is 10.0. The first-order chi connectivity index (χ1) is 9.80. The first-order valence-corrected chi connectivity index (χ1v) is 6.91. The zero-order chi connectivity index (χ0) is 15.6. The van der Waals surface area contributed by atoms with E-state index in [-0.39, 0.29) is 5.97 Å². The number of hydrogen-bond donors (Lipinski definition) is 0. The van der Waals surface area contributed by atoms with Crippen LogP contribution in [0, 0.1) is 0 Å². The van der Waals surface area contributed by atoms with Gasteiger partial charge in [-0.3, -0.25) is 0 Å². The molecule has 0 aromatic heterocycles. The van der Waals surface area contributed by atoms with Gasteiger partial charge in [0.05, 0.1) is 12.7 Å². The van der Waals surface area contributed by atoms with Crippen LogP contribution in [0.5, 0.6) is 5.75 Å². The Morgan fingerprint density at radius 1 is 1.29 bits per heavy atom. The summed E-state index contributed by atoms with van der Waals surface area (Å²) >= 11 is 0. The van der Waals surface area contributed by atoms with Crippen molar-refractivity contribution >= 4 is 11.9 Å². The van der Waals surface area contributed by atoms with Gasteiger partial charge in [-0.2, -0.15) is 0 Å². The monoisotopic (exact) mass is 292 g/mol. The molecule has 1 atom stereocenters. The highest BCUT2D eigenvalue weighted by Gasteiger charge is 2.30. The number of benzene rings is 1. The molecule has 5 heteroatoms. The third-order valence-electron chi connectivity index (χ3n) is 3.10. The van der Waals surface area contributed by atoms with Gasteiger partial charge in [0.25, 0.3) is 0 Å². The number of ether oxygens (including phenoxy) is 3. The van der Waals surface area contributed by atoms with Gasteiger partial charge in [-0.25, -0.2) is 9.59 Å². The van der Waals surface area contributed by atoms with Gasteiger partial charge in [-0.05, 0) is 51.3 Å². The van der Waals surface area contributed by atoms with Gasteiger partial charge in [0, 0.05) is 0 Å². The van der Waals surface area contributed by atoms with Gasteiger partial charge in [-0.15, -0.1) is 0 Å². The topological polar surface area (TPSA) is 61.8 Å². The maximum Gasteiger partial charge on any atom is 0.347 e. The summed E-state index contributed by atoms with van der Waals surface area (Å²) < 4.78 is 15.7. The molecule has 0 saturated carbocycles. The largest absolute Gasteiger partial charge is 0.478 e. The van der Waals surface area contributed by atoms with E-state index in [1.165, 1.54) is 7.11 Å². The second kappa shape index (κ2) is 5.76. The third-order valence-corrected chi connectivity index (χ3v) is 3.10. The molecule has 0 saturated heterocycles. The standard InChI is InChI=1S/C16H20O5/c1-16(2,3)21-15(18)12-8-7-10-5-6-11(14(17)19-4)9-13(10)20-12/h5-6,9,12H,7-8H2,1-4H3. The second-order valence-corrected chi connectivity index (χ2v) is 5.99. The van der Waals surface area contributed by atoms with E-state index in [9.17, 15) is 9.59 Å². The highest BCUT2D eigenvalue weighted by Crippen LogP contribution is 2.30. The molecule has 114 valence electrons. The Hall–Kier alpha value is -2.04. The number of methoxy groups -OCH3 is 1. The third kappa shape index (κ3) is 3.74. The van der Waals surface area contributed by atoms with Crippen LogP contribution in [0.3, 0.4) is 0 Å². The van der Waals surface area contributed by atoms with Crippen molar-refractivity contribution in [2.75, 3.05) is 7.11 Å². The lowest BCUT2D eigenvalue weighted by molar-refractivity contribution is -0.164. The molecule has 0 radical (unpaired) electrons. The maximum absolute atomic E-state index is 12.1. The zero-order valence-electron chi connectivity index (χ0n) is 12.8. The number of aryl methyl sites for hydroxylation is 1. The fourth-order valence-corrected chi connectivity index (χ4v) is 2.15. The predicted octanol–water partition coefficient (Wildman–Crippen LogP) is 2.51. The number of hydrogen-bond acceptors (Lipinski definition) is 5. The lowest BCUT2D eigenvalue weighted by Gasteiger charge is -2.28. The van der Waals surface area contributed by atoms with Crippen molar-refractivity contribution in [1.82, 2.24) is 0 Å². The van der Waals surface area contributed by atoms with Crippen LogP contribution in [0.15, 0.2) is 18.2 Å². The fraction of sp³-hybridized carbons (Fsp3) is 0.500. The van der Waals surface area contributed by atoms with Crippen LogP contribution in [0.25, 0.3) is 0 Å². The van der Waals surface area contributed by atoms with Crippen molar-refractivity contribution in [3.05, 3.63) is 29.3 Å². The van der Waals surface area contributed by atoms with E-state index < -0.39 is 17.7 Å². The van der Waals surface area contributed by atoms with Crippen LogP contribution >= 0.6 is 0 Å². The SMILES string of the molecule is COC(=O)c1ccc2c(c1)OC(C(=O)OC(C)(C)C)CC2. The molecule has 0 spiro atoms. The van der Waals surface area contributed by atoms with E-state index in [1.54, 1.807) is 12.1 Å². The quantitative estimate of drug-likeness (QED) is 0.784. The highest BCUT2D eigenvalue weighted by atomic mass is 16.6. The van der Waals surface area contributed by atoms with Crippen molar-refractivity contribution in [3.8, 4) is 5.75 Å². The van der Waals surface area contributed by atoms with Crippen LogP contribution < -0.4 is 4.74 Å². The summed E-state index contributed by atoms with van der Waals surface area (Å²) in [5.74, 6) is -0.266. The highest BCUT2D eigenvalue weighted by molar-refractivity contribution is 5.90. The molecule has 5 nitrogen and oxygen atoms in total. The molecule has 21 heavy (non-hydrogen) atoms. The molecule has 1 heterocycles. The van der Waals surface area contributed by atoms with Gasteiger partial charge in [0.1, 0.15) is 11.4 Å². The Bertz CT molecular complexity index is 556. The van der Waals surface area contributed by atoms with E-state index in [1.807, 2.05) is 26.8 Å². The lowest BCUT2D eigenvalue weighted by Crippen LogP contribution is -2.37. The maximum atomic E-state index is 12.1. The van der Waals surface area contributed by atoms with Crippen LogP contribution in [0.1, 0.15) is 43.1 Å². The molecule has 1 aliphatic heterocycles. The molecule has 0 bridgehead atoms. The average molecular weight is 292 g/mol. The van der Waals surface area contributed by atoms with Crippen LogP contribution in [0.4, 0.5) is 0 Å². The van der Waals surface area contributed by atoms with Crippen LogP contribution in [0.2, 0.25) is 0 Å². The Morgan fingerprint density at radius 2 is 2.00 bits per heavy atom. The van der Waals surface area contributed by atoms with Crippen molar-refractivity contribution in [3.63, 3.8) is 0 Å². The Labute approximate surface area is 124 Å². The molecular weight excluding hydrogens is 272 g/mol. The zero-order valence-corrected chi connectivity index (χ0v) is 12.8. The molecule has 2 rings (SSSR count). The summed E-state index contributed by atoms with van der Waals surface area (Å²) in [6.45, 7) is 5.45. The Kier molecular flexibility index (Phi) is 4.21. The van der Waals surface area contributed by atoms with Gasteiger partial charge in [-0.1, -0.05) is 6.07 Å². The molecule has 0 N–H and O–H groups in total. The molecule has 0 fully saturated rings. The minimum Gasteiger partial charge on any atom is -0.478 e. The van der Waals surface area contributed by atoms with E-state index in [2.05, 4.69) is 4.74 Å². The van der Waals surface area contributed by atoms with Gasteiger partial charge in [0.2, 0.25) is 0 Å². The molecule has 1 aromatic rings. The van der Waals surface area contributed by atoms with E-state index >= 15 is 0 Å². The predicted molar refractivity (Wildman–Crippen MR) is 76.4 cm³/mol. The summed E-state index contributed by atoms with van der Waals surface area (Å²) in [4.78, 5) is 23.6. The molecular formula is C16H20O5. The Balaban J connectivity index is 2.15. The number of fused-ring (bicyclic) bond motifs is 1. The van der Waals surface area contributed by atoms with Crippen LogP contribution in [-0.4, -0.2) is 30.8 Å². The smallest absolute Gasteiger partial charge is 0.347 e. The normalized spacial score (nSPS) is 17.4. The molecule has 0 aliphatic carbocycles. The van der Waals surface area contributed by atoms with Crippen LogP contribution in [-0.2, 0) is 20.7 Å². The van der Waals surface area contributed by atoms with Crippen molar-refractivity contribution in [2.45, 2.75) is 45.3 Å². The molecule has 1 aromatic carbocycles. The summed E-state index contributed by atoms with van der Waals surface area (Å²) in [6, 6.07) is 5.13. The average Bonchev–Trinajstić information content (AvgIpc) is 2.43. The summed E-state index contributed by atoms with van der Waals surface area (Å²) in [5.41, 5.74) is 0.831. The van der Waals surface area contributed by atoms with Crippen molar-refractivity contribution < 1.29 is 23.8 Å². The number of carbonyl (C=O) groups is 2. The first-order valence-electron chi connectivity index (χ1n) is 6.91. The molecule has 1 aliphatic rings. The molecule has 1 unspecified atom stereocenters. The van der Waals surface area contributed by atoms with Gasteiger partial charge >= 0.3 is 11.9 Å². The van der Waals surface area contributed by atoms with E-state index in [0.29, 0.717) is 24.2 Å². The van der Waals surface area contributed by atoms with Crippen molar-refractivity contribution in [2.24, 2.45) is 0 Å². The number of esters is 2. The van der Waals surface area contributed by atoms with Crippen molar-refractivity contribution in [1.29, 1.82) is 0 Å². The summed E-state index contributed by atoms with van der Waals surface area (Å²) in [5, 5.41) is 0. The van der Waals surface area contributed by atoms with Gasteiger partial charge < -0.3 is 14.2 Å². The van der Waals surface area contributed by atoms with E-state index in [4.69, 9.17) is 9.47 Å². The number of carbonyl (C=O) groups excluding carboxylic acids is 2. The Morgan fingerprint density at radius 3 is 2.62 bits per heavy atom. The molecule has 0 amide bonds.